The first-order chi connectivity index (χ1) is 9.94. The SMILES string of the molecule is CCCCC(CCC)NS(=O)(=O)c1cc(CNC)sc1C. The highest BCUT2D eigenvalue weighted by Crippen LogP contribution is 2.26. The van der Waals surface area contributed by atoms with Gasteiger partial charge in [0, 0.05) is 22.3 Å². The van der Waals surface area contributed by atoms with Crippen molar-refractivity contribution in [3.8, 4) is 0 Å². The zero-order valence-electron chi connectivity index (χ0n) is 13.5. The first-order valence-electron chi connectivity index (χ1n) is 7.70. The van der Waals surface area contributed by atoms with Crippen LogP contribution in [0.3, 0.4) is 0 Å². The van der Waals surface area contributed by atoms with Gasteiger partial charge in [-0.15, -0.1) is 11.3 Å². The van der Waals surface area contributed by atoms with Crippen molar-refractivity contribution in [1.29, 1.82) is 0 Å². The molecule has 1 rings (SSSR count). The minimum Gasteiger partial charge on any atom is -0.315 e. The minimum atomic E-state index is -3.41. The third-order valence-electron chi connectivity index (χ3n) is 3.43. The van der Waals surface area contributed by atoms with Gasteiger partial charge in [-0.2, -0.15) is 0 Å². The molecular weight excluding hydrogens is 304 g/mol. The average Bonchev–Trinajstić information content (AvgIpc) is 2.78. The molecule has 0 aliphatic heterocycles. The van der Waals surface area contributed by atoms with E-state index in [4.69, 9.17) is 0 Å². The van der Waals surface area contributed by atoms with Crippen molar-refractivity contribution in [1.82, 2.24) is 10.0 Å². The molecule has 6 heteroatoms. The molecule has 0 aliphatic rings. The minimum absolute atomic E-state index is 0.0481. The van der Waals surface area contributed by atoms with Crippen molar-refractivity contribution in [2.75, 3.05) is 7.05 Å². The van der Waals surface area contributed by atoms with Crippen molar-refractivity contribution in [2.24, 2.45) is 0 Å². The molecule has 0 radical (unpaired) electrons. The van der Waals surface area contributed by atoms with Gasteiger partial charge in [-0.25, -0.2) is 13.1 Å². The quantitative estimate of drug-likeness (QED) is 0.690. The molecule has 1 unspecified atom stereocenters. The van der Waals surface area contributed by atoms with E-state index in [1.807, 2.05) is 14.0 Å². The van der Waals surface area contributed by atoms with Gasteiger partial charge in [0.2, 0.25) is 10.0 Å². The molecule has 0 aromatic carbocycles. The van der Waals surface area contributed by atoms with Crippen molar-refractivity contribution in [2.45, 2.75) is 70.4 Å². The van der Waals surface area contributed by atoms with Gasteiger partial charge in [0.1, 0.15) is 0 Å². The van der Waals surface area contributed by atoms with Crippen LogP contribution < -0.4 is 10.0 Å². The highest BCUT2D eigenvalue weighted by molar-refractivity contribution is 7.89. The smallest absolute Gasteiger partial charge is 0.241 e. The Morgan fingerprint density at radius 3 is 2.52 bits per heavy atom. The van der Waals surface area contributed by atoms with Crippen molar-refractivity contribution >= 4 is 21.4 Å². The van der Waals surface area contributed by atoms with E-state index in [0.717, 1.165) is 41.9 Å². The number of sulfonamides is 1. The lowest BCUT2D eigenvalue weighted by Gasteiger charge is -2.17. The van der Waals surface area contributed by atoms with Gasteiger partial charge in [0.15, 0.2) is 0 Å². The van der Waals surface area contributed by atoms with Gasteiger partial charge in [0.05, 0.1) is 4.90 Å². The van der Waals surface area contributed by atoms with Crippen LogP contribution in [0.1, 0.15) is 55.7 Å². The van der Waals surface area contributed by atoms with E-state index in [1.54, 1.807) is 17.4 Å². The van der Waals surface area contributed by atoms with E-state index in [1.165, 1.54) is 0 Å². The molecule has 1 aromatic heterocycles. The lowest BCUT2D eigenvalue weighted by atomic mass is 10.1. The summed E-state index contributed by atoms with van der Waals surface area (Å²) < 4.78 is 28.1. The molecule has 0 fully saturated rings. The number of hydrogen-bond acceptors (Lipinski definition) is 4. The largest absolute Gasteiger partial charge is 0.315 e. The summed E-state index contributed by atoms with van der Waals surface area (Å²) in [6.45, 7) is 6.80. The van der Waals surface area contributed by atoms with Gasteiger partial charge >= 0.3 is 0 Å². The Kier molecular flexibility index (Phi) is 7.87. The predicted octanol–water partition coefficient (Wildman–Crippen LogP) is 3.41. The molecule has 0 saturated heterocycles. The van der Waals surface area contributed by atoms with Crippen LogP contribution in [0.5, 0.6) is 0 Å². The Bertz CT molecular complexity index is 524. The topological polar surface area (TPSA) is 58.2 Å². The zero-order chi connectivity index (χ0) is 15.9. The summed E-state index contributed by atoms with van der Waals surface area (Å²) in [5, 5.41) is 3.06. The first kappa shape index (κ1) is 18.6. The molecule has 2 N–H and O–H groups in total. The standard InChI is InChI=1S/C15H28N2O2S2/c1-5-7-9-13(8-6-2)17-21(18,19)15-10-14(11-16-4)20-12(15)3/h10,13,16-17H,5-9,11H2,1-4H3. The van der Waals surface area contributed by atoms with E-state index in [-0.39, 0.29) is 6.04 Å². The van der Waals surface area contributed by atoms with E-state index >= 15 is 0 Å². The fourth-order valence-electron chi connectivity index (χ4n) is 2.40. The molecule has 0 bridgehead atoms. The summed E-state index contributed by atoms with van der Waals surface area (Å²) in [4.78, 5) is 2.35. The lowest BCUT2D eigenvalue weighted by molar-refractivity contribution is 0.483. The van der Waals surface area contributed by atoms with E-state index in [0.29, 0.717) is 11.4 Å². The number of hydrogen-bond donors (Lipinski definition) is 2. The number of thiophene rings is 1. The Balaban J connectivity index is 2.87. The number of nitrogens with one attached hydrogen (secondary N) is 2. The van der Waals surface area contributed by atoms with Gasteiger partial charge < -0.3 is 5.32 Å². The van der Waals surface area contributed by atoms with Gasteiger partial charge in [-0.1, -0.05) is 33.1 Å². The van der Waals surface area contributed by atoms with Crippen LogP contribution in [-0.2, 0) is 16.6 Å². The maximum atomic E-state index is 12.6. The molecule has 0 saturated carbocycles. The third-order valence-corrected chi connectivity index (χ3v) is 6.26. The third kappa shape index (κ3) is 5.70. The summed E-state index contributed by atoms with van der Waals surface area (Å²) in [6.07, 6.45) is 4.94. The van der Waals surface area contributed by atoms with Gasteiger partial charge in [0.25, 0.3) is 0 Å². The summed E-state index contributed by atoms with van der Waals surface area (Å²) >= 11 is 1.54. The number of rotatable bonds is 10. The first-order valence-corrected chi connectivity index (χ1v) is 10.0. The zero-order valence-corrected chi connectivity index (χ0v) is 15.2. The highest BCUT2D eigenvalue weighted by atomic mass is 32.2. The fraction of sp³-hybridized carbons (Fsp3) is 0.733. The Morgan fingerprint density at radius 2 is 1.95 bits per heavy atom. The summed E-state index contributed by atoms with van der Waals surface area (Å²) in [5.74, 6) is 0. The van der Waals surface area contributed by atoms with Gasteiger partial charge in [-0.3, -0.25) is 0 Å². The molecule has 4 nitrogen and oxygen atoms in total. The second kappa shape index (κ2) is 8.88. The maximum absolute atomic E-state index is 12.6. The van der Waals surface area contributed by atoms with Crippen LogP contribution in [0, 0.1) is 6.92 Å². The van der Waals surface area contributed by atoms with Crippen LogP contribution in [-0.4, -0.2) is 21.5 Å². The van der Waals surface area contributed by atoms with Crippen molar-refractivity contribution < 1.29 is 8.42 Å². The highest BCUT2D eigenvalue weighted by Gasteiger charge is 2.23. The maximum Gasteiger partial charge on any atom is 0.241 e. The van der Waals surface area contributed by atoms with E-state index in [2.05, 4.69) is 23.9 Å². The molecule has 0 amide bonds. The van der Waals surface area contributed by atoms with Crippen molar-refractivity contribution in [3.63, 3.8) is 0 Å². The summed E-state index contributed by atoms with van der Waals surface area (Å²) in [7, 11) is -1.54. The second-order valence-corrected chi connectivity index (χ2v) is 8.44. The molecule has 1 aromatic rings. The van der Waals surface area contributed by atoms with Gasteiger partial charge in [-0.05, 0) is 32.9 Å². The molecule has 0 aliphatic carbocycles. The Hall–Kier alpha value is -0.430. The second-order valence-electron chi connectivity index (χ2n) is 5.41. The van der Waals surface area contributed by atoms with Crippen LogP contribution >= 0.6 is 11.3 Å². The molecule has 122 valence electrons. The van der Waals surface area contributed by atoms with Crippen LogP contribution in [0.4, 0.5) is 0 Å². The monoisotopic (exact) mass is 332 g/mol. The van der Waals surface area contributed by atoms with Crippen LogP contribution in [0.25, 0.3) is 0 Å². The molecular formula is C15H28N2O2S2. The summed E-state index contributed by atoms with van der Waals surface area (Å²) in [6, 6.07) is 1.84. The van der Waals surface area contributed by atoms with Crippen LogP contribution in [0.15, 0.2) is 11.0 Å². The van der Waals surface area contributed by atoms with E-state index < -0.39 is 10.0 Å². The number of unbranched alkanes of at least 4 members (excludes halogenated alkanes) is 1. The number of aryl methyl sites for hydroxylation is 1. The average molecular weight is 333 g/mol. The normalized spacial score (nSPS) is 13.5. The van der Waals surface area contributed by atoms with Crippen molar-refractivity contribution in [3.05, 3.63) is 15.8 Å². The predicted molar refractivity (Wildman–Crippen MR) is 90.4 cm³/mol. The molecule has 0 spiro atoms. The molecule has 1 atom stereocenters. The van der Waals surface area contributed by atoms with E-state index in [9.17, 15) is 8.42 Å². The lowest BCUT2D eigenvalue weighted by Crippen LogP contribution is -2.34. The Morgan fingerprint density at radius 1 is 1.24 bits per heavy atom. The molecule has 1 heterocycles. The fourth-order valence-corrected chi connectivity index (χ4v) is 5.35. The Labute approximate surface area is 133 Å². The molecule has 21 heavy (non-hydrogen) atoms. The summed E-state index contributed by atoms with van der Waals surface area (Å²) in [5.41, 5.74) is 0. The van der Waals surface area contributed by atoms with Crippen LogP contribution in [0.2, 0.25) is 0 Å².